The first kappa shape index (κ1) is 26.1. The first-order valence-corrected chi connectivity index (χ1v) is 13.4. The lowest BCUT2D eigenvalue weighted by molar-refractivity contribution is 0.202. The van der Waals surface area contributed by atoms with Crippen LogP contribution in [0.5, 0.6) is 5.75 Å². The Hall–Kier alpha value is -4.10. The van der Waals surface area contributed by atoms with E-state index in [1.807, 2.05) is 19.0 Å². The molecule has 7 nitrogen and oxygen atoms in total. The number of halogens is 3. The van der Waals surface area contributed by atoms with Crippen molar-refractivity contribution in [3.8, 4) is 29.4 Å². The average molecular weight is 547 g/mol. The van der Waals surface area contributed by atoms with Crippen LogP contribution in [0.15, 0.2) is 30.5 Å². The SMILES string of the molecule is C#Cc1c(F)ccc2cc(O)cc(-c3ncc4c(N5CCCCC5)nc(N5C[C@@H](F)[C@H](N(C)C)C5)nc4c3F)c12. The van der Waals surface area contributed by atoms with Crippen LogP contribution in [0.3, 0.4) is 0 Å². The van der Waals surface area contributed by atoms with E-state index in [1.54, 1.807) is 4.90 Å². The summed E-state index contributed by atoms with van der Waals surface area (Å²) in [6.45, 7) is 1.96. The van der Waals surface area contributed by atoms with Gasteiger partial charge in [0.25, 0.3) is 0 Å². The number of benzene rings is 2. The van der Waals surface area contributed by atoms with Crippen LogP contribution in [0.1, 0.15) is 24.8 Å². The number of terminal acetylenes is 1. The maximum Gasteiger partial charge on any atom is 0.228 e. The molecule has 10 heteroatoms. The second-order valence-corrected chi connectivity index (χ2v) is 10.7. The Balaban J connectivity index is 1.58. The minimum atomic E-state index is -1.11. The highest BCUT2D eigenvalue weighted by Gasteiger charge is 2.36. The molecular formula is C30H29F3N6O. The number of aromatic nitrogens is 3. The van der Waals surface area contributed by atoms with Crippen LogP contribution >= 0.6 is 0 Å². The lowest BCUT2D eigenvalue weighted by atomic mass is 9.96. The molecule has 0 unspecified atom stereocenters. The summed E-state index contributed by atoms with van der Waals surface area (Å²) >= 11 is 0. The van der Waals surface area contributed by atoms with Gasteiger partial charge in [-0.05, 0) is 56.9 Å². The van der Waals surface area contributed by atoms with Crippen LogP contribution < -0.4 is 9.80 Å². The summed E-state index contributed by atoms with van der Waals surface area (Å²) in [4.78, 5) is 19.5. The first-order chi connectivity index (χ1) is 19.3. The molecule has 0 saturated carbocycles. The van der Waals surface area contributed by atoms with Crippen molar-refractivity contribution in [3.05, 3.63) is 47.7 Å². The highest BCUT2D eigenvalue weighted by molar-refractivity contribution is 6.03. The molecule has 2 aliphatic heterocycles. The summed E-state index contributed by atoms with van der Waals surface area (Å²) in [5.74, 6) is 1.62. The summed E-state index contributed by atoms with van der Waals surface area (Å²) in [6.07, 6.45) is 9.09. The number of phenols is 1. The second kappa shape index (κ2) is 10.1. The molecule has 2 aromatic carbocycles. The number of anilines is 2. The predicted octanol–water partition coefficient (Wildman–Crippen LogP) is 4.89. The predicted molar refractivity (Wildman–Crippen MR) is 150 cm³/mol. The molecule has 0 bridgehead atoms. The highest BCUT2D eigenvalue weighted by Crippen LogP contribution is 2.39. The molecule has 6 rings (SSSR count). The molecule has 2 atom stereocenters. The molecule has 0 aliphatic carbocycles. The zero-order valence-corrected chi connectivity index (χ0v) is 22.3. The standard InChI is InChI=1S/C30H29F3N6O/c1-4-19-22(31)9-8-17-12-18(40)13-20(25(17)19)27-26(33)28-21(14-34-27)29(38-10-6-5-7-11-38)36-30(35-28)39-15-23(32)24(16-39)37(2)3/h1,8-9,12-14,23-24,40H,5-7,10-11,15-16H2,2-3H3/t23-,24-/m1/s1. The minimum absolute atomic E-state index is 0.0226. The molecule has 2 aliphatic rings. The van der Waals surface area contributed by atoms with Crippen LogP contribution in [0.25, 0.3) is 32.9 Å². The maximum absolute atomic E-state index is 16.5. The number of phenolic OH excluding ortho intramolecular Hbond substituents is 1. The highest BCUT2D eigenvalue weighted by atomic mass is 19.1. The summed E-state index contributed by atoms with van der Waals surface area (Å²) in [6, 6.07) is 5.11. The van der Waals surface area contributed by atoms with Crippen molar-refractivity contribution in [2.24, 2.45) is 0 Å². The fourth-order valence-electron chi connectivity index (χ4n) is 5.86. The molecule has 40 heavy (non-hydrogen) atoms. The van der Waals surface area contributed by atoms with Crippen molar-refractivity contribution < 1.29 is 18.3 Å². The lowest BCUT2D eigenvalue weighted by Crippen LogP contribution is -2.36. The minimum Gasteiger partial charge on any atom is -0.508 e. The smallest absolute Gasteiger partial charge is 0.228 e. The van der Waals surface area contributed by atoms with Gasteiger partial charge in [0.2, 0.25) is 5.95 Å². The maximum atomic E-state index is 16.5. The summed E-state index contributed by atoms with van der Waals surface area (Å²) < 4.78 is 46.1. The number of nitrogens with zero attached hydrogens (tertiary/aromatic N) is 6. The number of fused-ring (bicyclic) bond motifs is 2. The van der Waals surface area contributed by atoms with Gasteiger partial charge in [0.15, 0.2) is 5.82 Å². The number of rotatable bonds is 4. The third-order valence-electron chi connectivity index (χ3n) is 7.92. The van der Waals surface area contributed by atoms with Gasteiger partial charge in [0, 0.05) is 36.8 Å². The normalized spacial score (nSPS) is 19.6. The molecule has 1 N–H and O–H groups in total. The average Bonchev–Trinajstić information content (AvgIpc) is 3.35. The summed E-state index contributed by atoms with van der Waals surface area (Å²) in [7, 11) is 3.65. The quantitative estimate of drug-likeness (QED) is 0.366. The first-order valence-electron chi connectivity index (χ1n) is 13.4. The van der Waals surface area contributed by atoms with Gasteiger partial charge in [-0.15, -0.1) is 6.42 Å². The van der Waals surface area contributed by atoms with E-state index in [0.717, 1.165) is 32.4 Å². The Morgan fingerprint density at radius 2 is 1.82 bits per heavy atom. The van der Waals surface area contributed by atoms with Crippen molar-refractivity contribution in [1.29, 1.82) is 0 Å². The van der Waals surface area contributed by atoms with E-state index < -0.39 is 17.8 Å². The Bertz CT molecular complexity index is 1660. The van der Waals surface area contributed by atoms with Gasteiger partial charge in [0.05, 0.1) is 23.5 Å². The molecule has 4 heterocycles. The second-order valence-electron chi connectivity index (χ2n) is 10.7. The van der Waals surface area contributed by atoms with Gasteiger partial charge in [-0.1, -0.05) is 12.0 Å². The van der Waals surface area contributed by atoms with Gasteiger partial charge in [-0.3, -0.25) is 4.98 Å². The fraction of sp³-hybridized carbons (Fsp3) is 0.367. The molecule has 2 fully saturated rings. The number of likely N-dealkylation sites (N-methyl/N-ethyl adjacent to an activating group) is 1. The fourth-order valence-corrected chi connectivity index (χ4v) is 5.86. The number of alkyl halides is 1. The van der Waals surface area contributed by atoms with Crippen molar-refractivity contribution in [2.75, 3.05) is 50.1 Å². The zero-order chi connectivity index (χ0) is 28.1. The van der Waals surface area contributed by atoms with E-state index in [4.69, 9.17) is 11.4 Å². The van der Waals surface area contributed by atoms with E-state index >= 15 is 4.39 Å². The topological polar surface area (TPSA) is 68.6 Å². The molecule has 0 amide bonds. The Morgan fingerprint density at radius 3 is 2.52 bits per heavy atom. The van der Waals surface area contributed by atoms with Crippen LogP contribution in [-0.2, 0) is 0 Å². The number of aromatic hydroxyl groups is 1. The number of hydrogen-bond acceptors (Lipinski definition) is 7. The van der Waals surface area contributed by atoms with Crippen molar-refractivity contribution in [3.63, 3.8) is 0 Å². The van der Waals surface area contributed by atoms with Crippen LogP contribution in [0.2, 0.25) is 0 Å². The van der Waals surface area contributed by atoms with Crippen molar-refractivity contribution in [1.82, 2.24) is 19.9 Å². The summed E-state index contributed by atoms with van der Waals surface area (Å²) in [5.41, 5.74) is 0.00121. The molecule has 0 radical (unpaired) electrons. The van der Waals surface area contributed by atoms with Gasteiger partial charge >= 0.3 is 0 Å². The van der Waals surface area contributed by atoms with Gasteiger partial charge in [-0.2, -0.15) is 4.98 Å². The van der Waals surface area contributed by atoms with Crippen molar-refractivity contribution in [2.45, 2.75) is 31.5 Å². The van der Waals surface area contributed by atoms with Gasteiger partial charge < -0.3 is 19.8 Å². The third-order valence-corrected chi connectivity index (χ3v) is 7.92. The monoisotopic (exact) mass is 546 g/mol. The van der Waals surface area contributed by atoms with Crippen molar-refractivity contribution >= 4 is 33.4 Å². The van der Waals surface area contributed by atoms with E-state index in [9.17, 15) is 13.9 Å². The van der Waals surface area contributed by atoms with Crippen LogP contribution in [0, 0.1) is 24.0 Å². The van der Waals surface area contributed by atoms with Gasteiger partial charge in [0.1, 0.15) is 34.8 Å². The van der Waals surface area contributed by atoms with E-state index in [1.165, 1.54) is 30.5 Å². The number of hydrogen-bond donors (Lipinski definition) is 1. The molecular weight excluding hydrogens is 517 g/mol. The van der Waals surface area contributed by atoms with Crippen LogP contribution in [0.4, 0.5) is 24.9 Å². The Labute approximate surface area is 230 Å². The zero-order valence-electron chi connectivity index (χ0n) is 22.3. The molecule has 4 aromatic rings. The summed E-state index contributed by atoms with van der Waals surface area (Å²) in [5, 5.41) is 11.6. The van der Waals surface area contributed by atoms with Gasteiger partial charge in [-0.25, -0.2) is 18.2 Å². The van der Waals surface area contributed by atoms with E-state index in [0.29, 0.717) is 23.1 Å². The molecule has 0 spiro atoms. The third kappa shape index (κ3) is 4.34. The van der Waals surface area contributed by atoms with E-state index in [2.05, 4.69) is 20.8 Å². The number of piperidine rings is 1. The molecule has 2 aromatic heterocycles. The van der Waals surface area contributed by atoms with Crippen LogP contribution in [-0.4, -0.2) is 77.4 Å². The molecule has 2 saturated heterocycles. The number of pyridine rings is 1. The molecule has 206 valence electrons. The Morgan fingerprint density at radius 1 is 1.05 bits per heavy atom. The van der Waals surface area contributed by atoms with E-state index in [-0.39, 0.29) is 52.0 Å². The Kier molecular flexibility index (Phi) is 6.62. The largest absolute Gasteiger partial charge is 0.508 e. The lowest BCUT2D eigenvalue weighted by Gasteiger charge is -2.30.